The van der Waals surface area contributed by atoms with Crippen LogP contribution >= 0.6 is 11.3 Å². The number of methoxy groups -OCH3 is 1. The van der Waals surface area contributed by atoms with Crippen LogP contribution in [0.15, 0.2) is 24.3 Å². The predicted molar refractivity (Wildman–Crippen MR) is 106 cm³/mol. The zero-order valence-corrected chi connectivity index (χ0v) is 16.4. The van der Waals surface area contributed by atoms with Gasteiger partial charge < -0.3 is 9.64 Å². The number of rotatable bonds is 5. The van der Waals surface area contributed by atoms with Gasteiger partial charge in [-0.05, 0) is 61.7 Å². The Morgan fingerprint density at radius 1 is 1.12 bits per heavy atom. The van der Waals surface area contributed by atoms with Gasteiger partial charge in [0.25, 0.3) is 0 Å². The molecule has 4 heteroatoms. The van der Waals surface area contributed by atoms with Gasteiger partial charge in [0.05, 0.1) is 6.61 Å². The van der Waals surface area contributed by atoms with Gasteiger partial charge in [0.15, 0.2) is 0 Å². The van der Waals surface area contributed by atoms with Crippen LogP contribution in [0.5, 0.6) is 0 Å². The maximum Gasteiger partial charge on any atom is 0.0589 e. The molecule has 1 spiro atoms. The van der Waals surface area contributed by atoms with Gasteiger partial charge in [-0.2, -0.15) is 0 Å². The third kappa shape index (κ3) is 3.63. The highest BCUT2D eigenvalue weighted by atomic mass is 32.1. The minimum Gasteiger partial charge on any atom is -0.383 e. The van der Waals surface area contributed by atoms with E-state index in [-0.39, 0.29) is 0 Å². The Kier molecular flexibility index (Phi) is 5.14. The number of fused-ring (bicyclic) bond motifs is 1. The zero-order valence-electron chi connectivity index (χ0n) is 15.6. The van der Waals surface area contributed by atoms with Crippen LogP contribution in [0.25, 0.3) is 10.1 Å². The molecule has 2 fully saturated rings. The molecule has 0 N–H and O–H groups in total. The SMILES string of the molecule is COCCN1CCC[C@@]2(CCN(Cc3c(C)sc4ccccc34)C2)C1. The highest BCUT2D eigenvalue weighted by Gasteiger charge is 2.41. The summed E-state index contributed by atoms with van der Waals surface area (Å²) in [5.41, 5.74) is 2.08. The summed E-state index contributed by atoms with van der Waals surface area (Å²) >= 11 is 1.95. The van der Waals surface area contributed by atoms with Gasteiger partial charge in [-0.1, -0.05) is 18.2 Å². The quantitative estimate of drug-likeness (QED) is 0.799. The second-order valence-corrected chi connectivity index (χ2v) is 9.22. The molecule has 1 atom stereocenters. The molecule has 0 aliphatic carbocycles. The summed E-state index contributed by atoms with van der Waals surface area (Å²) in [6.07, 6.45) is 4.10. The Balaban J connectivity index is 1.44. The monoisotopic (exact) mass is 358 g/mol. The second kappa shape index (κ2) is 7.36. The Morgan fingerprint density at radius 2 is 1.96 bits per heavy atom. The van der Waals surface area contributed by atoms with E-state index in [4.69, 9.17) is 4.74 Å². The van der Waals surface area contributed by atoms with Crippen LogP contribution in [0.2, 0.25) is 0 Å². The summed E-state index contributed by atoms with van der Waals surface area (Å²) < 4.78 is 6.73. The lowest BCUT2D eigenvalue weighted by atomic mass is 9.79. The number of nitrogens with zero attached hydrogens (tertiary/aromatic N) is 2. The van der Waals surface area contributed by atoms with Crippen molar-refractivity contribution in [2.45, 2.75) is 32.7 Å². The van der Waals surface area contributed by atoms with Crippen LogP contribution in [0.3, 0.4) is 0 Å². The molecule has 136 valence electrons. The van der Waals surface area contributed by atoms with Crippen molar-refractivity contribution in [3.05, 3.63) is 34.7 Å². The number of piperidine rings is 1. The number of aryl methyl sites for hydroxylation is 1. The van der Waals surface area contributed by atoms with E-state index in [1.54, 1.807) is 5.56 Å². The number of benzene rings is 1. The molecular weight excluding hydrogens is 328 g/mol. The molecule has 4 rings (SSSR count). The maximum absolute atomic E-state index is 5.29. The van der Waals surface area contributed by atoms with Crippen molar-refractivity contribution in [3.63, 3.8) is 0 Å². The van der Waals surface area contributed by atoms with Gasteiger partial charge in [0.2, 0.25) is 0 Å². The molecule has 0 saturated carbocycles. The Labute approximate surface area is 155 Å². The minimum atomic E-state index is 0.520. The van der Waals surface area contributed by atoms with E-state index in [1.807, 2.05) is 18.4 Å². The van der Waals surface area contributed by atoms with Crippen LogP contribution in [0, 0.1) is 12.3 Å². The Morgan fingerprint density at radius 3 is 2.84 bits per heavy atom. The highest BCUT2D eigenvalue weighted by molar-refractivity contribution is 7.19. The first-order chi connectivity index (χ1) is 12.2. The third-order valence-electron chi connectivity index (χ3n) is 6.15. The van der Waals surface area contributed by atoms with E-state index in [9.17, 15) is 0 Å². The van der Waals surface area contributed by atoms with Crippen molar-refractivity contribution in [1.82, 2.24) is 9.80 Å². The smallest absolute Gasteiger partial charge is 0.0589 e. The largest absolute Gasteiger partial charge is 0.383 e. The topological polar surface area (TPSA) is 15.7 Å². The molecule has 2 aromatic rings. The molecule has 2 saturated heterocycles. The lowest BCUT2D eigenvalue weighted by Crippen LogP contribution is -2.45. The normalized spacial score (nSPS) is 25.4. The fourth-order valence-electron chi connectivity index (χ4n) is 4.86. The van der Waals surface area contributed by atoms with E-state index in [2.05, 4.69) is 41.0 Å². The van der Waals surface area contributed by atoms with Crippen molar-refractivity contribution >= 4 is 21.4 Å². The van der Waals surface area contributed by atoms with Crippen LogP contribution < -0.4 is 0 Å². The molecular formula is C21H30N2OS. The van der Waals surface area contributed by atoms with Gasteiger partial charge in [-0.15, -0.1) is 11.3 Å². The summed E-state index contributed by atoms with van der Waals surface area (Å²) in [5, 5.41) is 1.47. The zero-order chi connectivity index (χ0) is 17.3. The van der Waals surface area contributed by atoms with Crippen molar-refractivity contribution in [1.29, 1.82) is 0 Å². The summed E-state index contributed by atoms with van der Waals surface area (Å²) in [6.45, 7) is 10.4. The molecule has 0 bridgehead atoms. The van der Waals surface area contributed by atoms with Crippen molar-refractivity contribution in [2.24, 2.45) is 5.41 Å². The minimum absolute atomic E-state index is 0.520. The second-order valence-electron chi connectivity index (χ2n) is 7.97. The molecule has 25 heavy (non-hydrogen) atoms. The molecule has 0 radical (unpaired) electrons. The summed E-state index contributed by atoms with van der Waals surface area (Å²) in [6, 6.07) is 8.89. The molecule has 3 heterocycles. The van der Waals surface area contributed by atoms with Crippen molar-refractivity contribution in [2.75, 3.05) is 46.4 Å². The highest BCUT2D eigenvalue weighted by Crippen LogP contribution is 2.40. The maximum atomic E-state index is 5.29. The van der Waals surface area contributed by atoms with Gasteiger partial charge in [0.1, 0.15) is 0 Å². The van der Waals surface area contributed by atoms with Crippen molar-refractivity contribution in [3.8, 4) is 0 Å². The van der Waals surface area contributed by atoms with E-state index in [0.717, 1.165) is 19.7 Å². The Bertz CT molecular complexity index is 728. The average molecular weight is 359 g/mol. The summed E-state index contributed by atoms with van der Waals surface area (Å²) in [4.78, 5) is 6.83. The number of thiophene rings is 1. The third-order valence-corrected chi connectivity index (χ3v) is 7.28. The number of hydrogen-bond donors (Lipinski definition) is 0. The number of hydrogen-bond acceptors (Lipinski definition) is 4. The lowest BCUT2D eigenvalue weighted by Gasteiger charge is -2.40. The number of likely N-dealkylation sites (tertiary alicyclic amines) is 2. The van der Waals surface area contributed by atoms with Crippen LogP contribution in [0.4, 0.5) is 0 Å². The standard InChI is InChI=1S/C21H30N2OS/c1-17-19(18-6-3-4-7-20(18)25-17)14-23-11-9-21(16-23)8-5-10-22(15-21)12-13-24-2/h3-4,6-7H,5,8-16H2,1-2H3/t21-/m1/s1. The first-order valence-electron chi connectivity index (χ1n) is 9.60. The first kappa shape index (κ1) is 17.5. The molecule has 2 aliphatic heterocycles. The molecule has 1 aromatic heterocycles. The van der Waals surface area contributed by atoms with Crippen LogP contribution in [-0.2, 0) is 11.3 Å². The summed E-state index contributed by atoms with van der Waals surface area (Å²) in [7, 11) is 1.81. The predicted octanol–water partition coefficient (Wildman–Crippen LogP) is 4.14. The van der Waals surface area contributed by atoms with E-state index < -0.39 is 0 Å². The number of ether oxygens (including phenoxy) is 1. The van der Waals surface area contributed by atoms with Gasteiger partial charge in [-0.3, -0.25) is 4.90 Å². The average Bonchev–Trinajstić information content (AvgIpc) is 3.15. The lowest BCUT2D eigenvalue weighted by molar-refractivity contribution is 0.0674. The van der Waals surface area contributed by atoms with Crippen LogP contribution in [-0.4, -0.2) is 56.2 Å². The van der Waals surface area contributed by atoms with Gasteiger partial charge >= 0.3 is 0 Å². The fourth-order valence-corrected chi connectivity index (χ4v) is 5.93. The van der Waals surface area contributed by atoms with E-state index in [1.165, 1.54) is 60.4 Å². The van der Waals surface area contributed by atoms with Crippen molar-refractivity contribution < 1.29 is 4.74 Å². The molecule has 0 amide bonds. The molecule has 3 nitrogen and oxygen atoms in total. The Hall–Kier alpha value is -0.940. The van der Waals surface area contributed by atoms with Gasteiger partial charge in [0, 0.05) is 42.9 Å². The first-order valence-corrected chi connectivity index (χ1v) is 10.4. The fraction of sp³-hybridized carbons (Fsp3) is 0.619. The molecule has 0 unspecified atom stereocenters. The van der Waals surface area contributed by atoms with E-state index >= 15 is 0 Å². The van der Waals surface area contributed by atoms with Crippen LogP contribution in [0.1, 0.15) is 29.7 Å². The summed E-state index contributed by atoms with van der Waals surface area (Å²) in [5.74, 6) is 0. The van der Waals surface area contributed by atoms with Gasteiger partial charge in [-0.25, -0.2) is 0 Å². The molecule has 1 aromatic carbocycles. The molecule has 2 aliphatic rings. The van der Waals surface area contributed by atoms with E-state index in [0.29, 0.717) is 5.41 Å².